The number of pyridine rings is 1. The fraction of sp³-hybridized carbons (Fsp3) is 0.0833. The molecule has 0 saturated heterocycles. The molecule has 2 aromatic rings. The fourth-order valence-corrected chi connectivity index (χ4v) is 1.37. The van der Waals surface area contributed by atoms with E-state index in [0.29, 0.717) is 11.4 Å². The lowest BCUT2D eigenvalue weighted by molar-refractivity contribution is 0.396. The topological polar surface area (TPSA) is 22.1 Å². The number of hydrogen-bond acceptors (Lipinski definition) is 2. The molecular formula is C12H10FNO. The predicted molar refractivity (Wildman–Crippen MR) is 56.2 cm³/mol. The molecule has 0 amide bonds. The van der Waals surface area contributed by atoms with E-state index in [0.717, 1.165) is 5.56 Å². The number of aromatic nitrogens is 1. The second kappa shape index (κ2) is 4.09. The molecule has 0 aliphatic heterocycles. The second-order valence-corrected chi connectivity index (χ2v) is 3.07. The van der Waals surface area contributed by atoms with E-state index in [1.165, 1.54) is 13.3 Å². The smallest absolute Gasteiger partial charge is 0.213 e. The summed E-state index contributed by atoms with van der Waals surface area (Å²) in [6.07, 6.45) is 1.17. The maximum absolute atomic E-state index is 13.5. The van der Waals surface area contributed by atoms with Crippen molar-refractivity contribution in [2.24, 2.45) is 0 Å². The molecule has 0 spiro atoms. The highest BCUT2D eigenvalue weighted by Crippen LogP contribution is 2.24. The summed E-state index contributed by atoms with van der Waals surface area (Å²) in [6.45, 7) is 0. The minimum absolute atomic E-state index is 0.345. The van der Waals surface area contributed by atoms with Crippen LogP contribution in [0.4, 0.5) is 4.39 Å². The molecule has 3 heteroatoms. The first kappa shape index (κ1) is 9.65. The average molecular weight is 203 g/mol. The van der Waals surface area contributed by atoms with Crippen LogP contribution in [0.15, 0.2) is 42.6 Å². The first-order valence-corrected chi connectivity index (χ1v) is 4.56. The quantitative estimate of drug-likeness (QED) is 0.748. The molecule has 0 radical (unpaired) electrons. The van der Waals surface area contributed by atoms with Gasteiger partial charge in [-0.3, -0.25) is 0 Å². The van der Waals surface area contributed by atoms with E-state index in [2.05, 4.69) is 4.98 Å². The van der Waals surface area contributed by atoms with Crippen molar-refractivity contribution in [2.45, 2.75) is 0 Å². The Labute approximate surface area is 87.4 Å². The third-order valence-electron chi connectivity index (χ3n) is 2.12. The Morgan fingerprint density at radius 3 is 2.60 bits per heavy atom. The van der Waals surface area contributed by atoms with E-state index in [1.807, 2.05) is 30.3 Å². The number of rotatable bonds is 2. The number of hydrogen-bond donors (Lipinski definition) is 0. The second-order valence-electron chi connectivity index (χ2n) is 3.07. The number of methoxy groups -OCH3 is 1. The third kappa shape index (κ3) is 1.96. The van der Waals surface area contributed by atoms with Crippen LogP contribution in [-0.4, -0.2) is 12.1 Å². The van der Waals surface area contributed by atoms with Crippen LogP contribution in [0.1, 0.15) is 0 Å². The Morgan fingerprint density at radius 1 is 1.20 bits per heavy atom. The van der Waals surface area contributed by atoms with Crippen molar-refractivity contribution >= 4 is 0 Å². The molecule has 1 aromatic carbocycles. The first-order chi connectivity index (χ1) is 7.31. The zero-order valence-electron chi connectivity index (χ0n) is 8.27. The van der Waals surface area contributed by atoms with E-state index in [4.69, 9.17) is 4.74 Å². The van der Waals surface area contributed by atoms with Gasteiger partial charge in [-0.05, 0) is 5.56 Å². The van der Waals surface area contributed by atoms with Crippen LogP contribution in [0, 0.1) is 5.82 Å². The Morgan fingerprint density at radius 2 is 1.93 bits per heavy atom. The molecule has 76 valence electrons. The zero-order valence-corrected chi connectivity index (χ0v) is 8.27. The molecule has 1 heterocycles. The minimum Gasteiger partial charge on any atom is -0.481 e. The summed E-state index contributed by atoms with van der Waals surface area (Å²) in [5.41, 5.74) is 1.32. The van der Waals surface area contributed by atoms with Crippen molar-refractivity contribution in [3.8, 4) is 17.0 Å². The van der Waals surface area contributed by atoms with Crippen molar-refractivity contribution < 1.29 is 9.13 Å². The van der Waals surface area contributed by atoms with Gasteiger partial charge in [0, 0.05) is 11.6 Å². The lowest BCUT2D eigenvalue weighted by Crippen LogP contribution is -1.91. The summed E-state index contributed by atoms with van der Waals surface area (Å²) in [4.78, 5) is 3.79. The molecule has 2 nitrogen and oxygen atoms in total. The molecule has 0 aliphatic rings. The molecule has 1 aromatic heterocycles. The SMILES string of the molecule is COc1cc(-c2ccccc2)c(F)cn1. The summed E-state index contributed by atoms with van der Waals surface area (Å²) in [5.74, 6) is 0.0669. The number of nitrogens with zero attached hydrogens (tertiary/aromatic N) is 1. The van der Waals surface area contributed by atoms with Gasteiger partial charge in [-0.15, -0.1) is 0 Å². The van der Waals surface area contributed by atoms with Gasteiger partial charge in [0.2, 0.25) is 5.88 Å². The van der Waals surface area contributed by atoms with Gasteiger partial charge in [0.25, 0.3) is 0 Å². The summed E-state index contributed by atoms with van der Waals surface area (Å²) < 4.78 is 18.4. The van der Waals surface area contributed by atoms with Gasteiger partial charge in [0.15, 0.2) is 0 Å². The van der Waals surface area contributed by atoms with Crippen LogP contribution in [0.3, 0.4) is 0 Å². The molecule has 0 saturated carbocycles. The average Bonchev–Trinajstić information content (AvgIpc) is 2.31. The molecule has 0 fully saturated rings. The highest BCUT2D eigenvalue weighted by Gasteiger charge is 2.06. The highest BCUT2D eigenvalue weighted by molar-refractivity contribution is 5.64. The molecule has 2 rings (SSSR count). The molecule has 0 atom stereocenters. The molecule has 0 bridgehead atoms. The lowest BCUT2D eigenvalue weighted by Gasteiger charge is -2.04. The summed E-state index contributed by atoms with van der Waals surface area (Å²) in [6, 6.07) is 10.9. The molecule has 0 aliphatic carbocycles. The Bertz CT molecular complexity index is 456. The van der Waals surface area contributed by atoms with Gasteiger partial charge in [-0.2, -0.15) is 0 Å². The largest absolute Gasteiger partial charge is 0.481 e. The lowest BCUT2D eigenvalue weighted by atomic mass is 10.1. The molecule has 0 N–H and O–H groups in total. The van der Waals surface area contributed by atoms with Gasteiger partial charge in [-0.25, -0.2) is 9.37 Å². The van der Waals surface area contributed by atoms with Gasteiger partial charge in [-0.1, -0.05) is 30.3 Å². The molecular weight excluding hydrogens is 193 g/mol. The maximum Gasteiger partial charge on any atom is 0.213 e. The predicted octanol–water partition coefficient (Wildman–Crippen LogP) is 2.90. The Kier molecular flexibility index (Phi) is 2.63. The monoisotopic (exact) mass is 203 g/mol. The van der Waals surface area contributed by atoms with Gasteiger partial charge >= 0.3 is 0 Å². The van der Waals surface area contributed by atoms with Gasteiger partial charge < -0.3 is 4.74 Å². The van der Waals surface area contributed by atoms with Crippen molar-refractivity contribution in [1.29, 1.82) is 0 Å². The van der Waals surface area contributed by atoms with Crippen molar-refractivity contribution in [2.75, 3.05) is 7.11 Å². The van der Waals surface area contributed by atoms with E-state index in [9.17, 15) is 4.39 Å². The Hall–Kier alpha value is -1.90. The van der Waals surface area contributed by atoms with Gasteiger partial charge in [0.1, 0.15) is 5.82 Å². The minimum atomic E-state index is -0.345. The number of ether oxygens (including phenoxy) is 1. The number of halogens is 1. The van der Waals surface area contributed by atoms with Crippen molar-refractivity contribution in [3.05, 3.63) is 48.4 Å². The highest BCUT2D eigenvalue weighted by atomic mass is 19.1. The third-order valence-corrected chi connectivity index (χ3v) is 2.12. The zero-order chi connectivity index (χ0) is 10.7. The normalized spacial score (nSPS) is 10.0. The van der Waals surface area contributed by atoms with Crippen molar-refractivity contribution in [1.82, 2.24) is 4.98 Å². The van der Waals surface area contributed by atoms with Crippen LogP contribution in [0.2, 0.25) is 0 Å². The van der Waals surface area contributed by atoms with Crippen molar-refractivity contribution in [3.63, 3.8) is 0 Å². The first-order valence-electron chi connectivity index (χ1n) is 4.56. The van der Waals surface area contributed by atoms with Crippen LogP contribution >= 0.6 is 0 Å². The molecule has 0 unspecified atom stereocenters. The Balaban J connectivity index is 2.52. The fourth-order valence-electron chi connectivity index (χ4n) is 1.37. The molecule has 15 heavy (non-hydrogen) atoms. The standard InChI is InChI=1S/C12H10FNO/c1-15-12-7-10(11(13)8-14-12)9-5-3-2-4-6-9/h2-8H,1H3. The van der Waals surface area contributed by atoms with E-state index in [1.54, 1.807) is 6.07 Å². The van der Waals surface area contributed by atoms with E-state index >= 15 is 0 Å². The van der Waals surface area contributed by atoms with E-state index in [-0.39, 0.29) is 5.82 Å². The van der Waals surface area contributed by atoms with Crippen LogP contribution in [0.25, 0.3) is 11.1 Å². The van der Waals surface area contributed by atoms with Crippen LogP contribution < -0.4 is 4.74 Å². The van der Waals surface area contributed by atoms with Crippen LogP contribution in [0.5, 0.6) is 5.88 Å². The summed E-state index contributed by atoms with van der Waals surface area (Å²) >= 11 is 0. The van der Waals surface area contributed by atoms with E-state index < -0.39 is 0 Å². The maximum atomic E-state index is 13.5. The van der Waals surface area contributed by atoms with Gasteiger partial charge in [0.05, 0.1) is 13.3 Å². The summed E-state index contributed by atoms with van der Waals surface area (Å²) in [7, 11) is 1.51. The number of benzene rings is 1. The van der Waals surface area contributed by atoms with Crippen LogP contribution in [-0.2, 0) is 0 Å². The summed E-state index contributed by atoms with van der Waals surface area (Å²) in [5, 5.41) is 0.